The van der Waals surface area contributed by atoms with Crippen LogP contribution >= 0.6 is 0 Å². The summed E-state index contributed by atoms with van der Waals surface area (Å²) in [5.74, 6) is 0.154. The molecule has 0 spiro atoms. The molecule has 0 aromatic carbocycles. The minimum atomic E-state index is 0.154. The summed E-state index contributed by atoms with van der Waals surface area (Å²) < 4.78 is 0. The third-order valence-corrected chi connectivity index (χ3v) is 3.93. The van der Waals surface area contributed by atoms with Crippen LogP contribution < -0.4 is 5.32 Å². The molecule has 2 heterocycles. The Morgan fingerprint density at radius 1 is 1.45 bits per heavy atom. The normalized spacial score (nSPS) is 18.9. The summed E-state index contributed by atoms with van der Waals surface area (Å²) in [6.07, 6.45) is 9.18. The number of carbonyl (C=O) groups excluding carboxylic acids is 1. The van der Waals surface area contributed by atoms with E-state index in [1.807, 2.05) is 13.0 Å². The van der Waals surface area contributed by atoms with Crippen LogP contribution in [0.2, 0.25) is 0 Å². The van der Waals surface area contributed by atoms with Crippen molar-refractivity contribution in [1.29, 1.82) is 0 Å². The molecule has 2 rings (SSSR count). The Balaban J connectivity index is 2.20. The SMILES string of the molecule is CCCC1CCCCN1C(=O)c1ccncc1NCC. The maximum Gasteiger partial charge on any atom is 0.256 e. The molecule has 1 aromatic rings. The lowest BCUT2D eigenvalue weighted by Gasteiger charge is -2.36. The van der Waals surface area contributed by atoms with Crippen molar-refractivity contribution in [3.63, 3.8) is 0 Å². The van der Waals surface area contributed by atoms with Crippen molar-refractivity contribution >= 4 is 11.6 Å². The van der Waals surface area contributed by atoms with Crippen molar-refractivity contribution < 1.29 is 4.79 Å². The summed E-state index contributed by atoms with van der Waals surface area (Å²) in [7, 11) is 0. The molecule has 0 saturated carbocycles. The van der Waals surface area contributed by atoms with E-state index in [1.165, 1.54) is 6.42 Å². The summed E-state index contributed by atoms with van der Waals surface area (Å²) in [5.41, 5.74) is 1.60. The van der Waals surface area contributed by atoms with E-state index in [9.17, 15) is 4.79 Å². The summed E-state index contributed by atoms with van der Waals surface area (Å²) >= 11 is 0. The maximum atomic E-state index is 12.8. The maximum absolute atomic E-state index is 12.8. The number of nitrogens with one attached hydrogen (secondary N) is 1. The Morgan fingerprint density at radius 3 is 3.05 bits per heavy atom. The number of anilines is 1. The molecule has 110 valence electrons. The Bertz CT molecular complexity index is 445. The van der Waals surface area contributed by atoms with E-state index >= 15 is 0 Å². The van der Waals surface area contributed by atoms with E-state index in [1.54, 1.807) is 12.4 Å². The Morgan fingerprint density at radius 2 is 2.30 bits per heavy atom. The smallest absolute Gasteiger partial charge is 0.256 e. The number of likely N-dealkylation sites (tertiary alicyclic amines) is 1. The number of pyridine rings is 1. The monoisotopic (exact) mass is 275 g/mol. The number of aromatic nitrogens is 1. The van der Waals surface area contributed by atoms with Crippen LogP contribution in [0.1, 0.15) is 56.3 Å². The van der Waals surface area contributed by atoms with Crippen LogP contribution in [0.15, 0.2) is 18.5 Å². The molecule has 1 amide bonds. The Hall–Kier alpha value is -1.58. The molecule has 0 bridgehead atoms. The van der Waals surface area contributed by atoms with E-state index < -0.39 is 0 Å². The topological polar surface area (TPSA) is 45.2 Å². The minimum Gasteiger partial charge on any atom is -0.383 e. The second-order valence-electron chi connectivity index (χ2n) is 5.39. The zero-order chi connectivity index (χ0) is 14.4. The molecule has 0 aliphatic carbocycles. The quantitative estimate of drug-likeness (QED) is 0.896. The largest absolute Gasteiger partial charge is 0.383 e. The summed E-state index contributed by atoms with van der Waals surface area (Å²) in [6, 6.07) is 2.24. The van der Waals surface area contributed by atoms with Gasteiger partial charge in [-0.2, -0.15) is 0 Å². The van der Waals surface area contributed by atoms with Crippen LogP contribution in [-0.2, 0) is 0 Å². The molecule has 4 nitrogen and oxygen atoms in total. The van der Waals surface area contributed by atoms with E-state index in [-0.39, 0.29) is 5.91 Å². The number of nitrogens with zero attached hydrogens (tertiary/aromatic N) is 2. The van der Waals surface area contributed by atoms with Gasteiger partial charge < -0.3 is 10.2 Å². The number of piperidine rings is 1. The van der Waals surface area contributed by atoms with Crippen LogP contribution in [0.4, 0.5) is 5.69 Å². The fraction of sp³-hybridized carbons (Fsp3) is 0.625. The number of hydrogen-bond donors (Lipinski definition) is 1. The highest BCUT2D eigenvalue weighted by molar-refractivity contribution is 5.99. The van der Waals surface area contributed by atoms with Crippen molar-refractivity contribution in [2.24, 2.45) is 0 Å². The first kappa shape index (κ1) is 14.8. The van der Waals surface area contributed by atoms with Gasteiger partial charge in [-0.05, 0) is 38.7 Å². The highest BCUT2D eigenvalue weighted by Crippen LogP contribution is 2.25. The fourth-order valence-electron chi connectivity index (χ4n) is 2.97. The van der Waals surface area contributed by atoms with Gasteiger partial charge >= 0.3 is 0 Å². The van der Waals surface area contributed by atoms with Crippen molar-refractivity contribution in [3.8, 4) is 0 Å². The first-order valence-electron chi connectivity index (χ1n) is 7.76. The fourth-order valence-corrected chi connectivity index (χ4v) is 2.97. The van der Waals surface area contributed by atoms with Crippen molar-refractivity contribution in [3.05, 3.63) is 24.0 Å². The van der Waals surface area contributed by atoms with Gasteiger partial charge in [-0.1, -0.05) is 13.3 Å². The molecular weight excluding hydrogens is 250 g/mol. The predicted molar refractivity (Wildman–Crippen MR) is 82.0 cm³/mol. The molecule has 4 heteroatoms. The number of hydrogen-bond acceptors (Lipinski definition) is 3. The van der Waals surface area contributed by atoms with E-state index in [0.29, 0.717) is 6.04 Å². The van der Waals surface area contributed by atoms with Crippen LogP contribution in [0.25, 0.3) is 0 Å². The van der Waals surface area contributed by atoms with Gasteiger partial charge in [0.15, 0.2) is 0 Å². The zero-order valence-corrected chi connectivity index (χ0v) is 12.6. The molecule has 1 saturated heterocycles. The average molecular weight is 275 g/mol. The van der Waals surface area contributed by atoms with Gasteiger partial charge in [-0.3, -0.25) is 9.78 Å². The lowest BCUT2D eigenvalue weighted by atomic mass is 9.97. The molecule has 1 fully saturated rings. The summed E-state index contributed by atoms with van der Waals surface area (Å²) in [5, 5.41) is 3.23. The molecule has 20 heavy (non-hydrogen) atoms. The standard InChI is InChI=1S/C16H25N3O/c1-3-7-13-8-5-6-11-19(13)16(20)14-9-10-17-12-15(14)18-4-2/h9-10,12-13,18H,3-8,11H2,1-2H3. The third kappa shape index (κ3) is 3.30. The number of rotatable bonds is 5. The molecule has 1 aliphatic heterocycles. The third-order valence-electron chi connectivity index (χ3n) is 3.93. The van der Waals surface area contributed by atoms with Crippen LogP contribution in [0.5, 0.6) is 0 Å². The van der Waals surface area contributed by atoms with Crippen LogP contribution in [-0.4, -0.2) is 34.9 Å². The number of amides is 1. The van der Waals surface area contributed by atoms with Gasteiger partial charge in [0.25, 0.3) is 5.91 Å². The molecule has 1 aromatic heterocycles. The Labute approximate surface area is 121 Å². The molecular formula is C16H25N3O. The zero-order valence-electron chi connectivity index (χ0n) is 12.6. The van der Waals surface area contributed by atoms with Gasteiger partial charge in [0.1, 0.15) is 0 Å². The van der Waals surface area contributed by atoms with Crippen molar-refractivity contribution in [1.82, 2.24) is 9.88 Å². The molecule has 1 N–H and O–H groups in total. The van der Waals surface area contributed by atoms with E-state index in [0.717, 1.165) is 50.0 Å². The second kappa shape index (κ2) is 7.27. The first-order chi connectivity index (χ1) is 9.77. The van der Waals surface area contributed by atoms with Crippen LogP contribution in [0, 0.1) is 0 Å². The van der Waals surface area contributed by atoms with Crippen LogP contribution in [0.3, 0.4) is 0 Å². The highest BCUT2D eigenvalue weighted by Gasteiger charge is 2.27. The van der Waals surface area contributed by atoms with Gasteiger partial charge in [-0.25, -0.2) is 0 Å². The lowest BCUT2D eigenvalue weighted by molar-refractivity contribution is 0.0601. The molecule has 1 atom stereocenters. The minimum absolute atomic E-state index is 0.154. The summed E-state index contributed by atoms with van der Waals surface area (Å²) in [4.78, 5) is 19.0. The van der Waals surface area contributed by atoms with E-state index in [2.05, 4.69) is 22.1 Å². The van der Waals surface area contributed by atoms with Gasteiger partial charge in [0, 0.05) is 25.3 Å². The Kier molecular flexibility index (Phi) is 5.39. The van der Waals surface area contributed by atoms with E-state index in [4.69, 9.17) is 0 Å². The van der Waals surface area contributed by atoms with Crippen molar-refractivity contribution in [2.45, 2.75) is 52.0 Å². The molecule has 1 aliphatic rings. The van der Waals surface area contributed by atoms with Gasteiger partial charge in [0.2, 0.25) is 0 Å². The lowest BCUT2D eigenvalue weighted by Crippen LogP contribution is -2.43. The average Bonchev–Trinajstić information content (AvgIpc) is 2.48. The number of carbonyl (C=O) groups is 1. The van der Waals surface area contributed by atoms with Crippen molar-refractivity contribution in [2.75, 3.05) is 18.4 Å². The molecule has 0 radical (unpaired) electrons. The first-order valence-corrected chi connectivity index (χ1v) is 7.76. The summed E-state index contributed by atoms with van der Waals surface area (Å²) in [6.45, 7) is 5.90. The van der Waals surface area contributed by atoms with Gasteiger partial charge in [0.05, 0.1) is 17.4 Å². The second-order valence-corrected chi connectivity index (χ2v) is 5.39. The highest BCUT2D eigenvalue weighted by atomic mass is 16.2. The molecule has 1 unspecified atom stereocenters. The van der Waals surface area contributed by atoms with Gasteiger partial charge in [-0.15, -0.1) is 0 Å². The predicted octanol–water partition coefficient (Wildman–Crippen LogP) is 3.31.